The molecule has 1 heterocycles. The average Bonchev–Trinajstić information content (AvgIpc) is 2.16. The van der Waals surface area contributed by atoms with E-state index >= 15 is 0 Å². The minimum atomic E-state index is -2.14. The summed E-state index contributed by atoms with van der Waals surface area (Å²) >= 11 is 0. The van der Waals surface area contributed by atoms with Gasteiger partial charge < -0.3 is 9.84 Å². The van der Waals surface area contributed by atoms with Crippen LogP contribution in [0.3, 0.4) is 0 Å². The van der Waals surface area contributed by atoms with Crippen LogP contribution in [0.2, 0.25) is 0 Å². The van der Waals surface area contributed by atoms with Gasteiger partial charge in [-0.15, -0.1) is 0 Å². The number of aromatic nitrogens is 1. The Bertz CT molecular complexity index is 316. The van der Waals surface area contributed by atoms with Crippen molar-refractivity contribution >= 4 is 5.97 Å². The Balaban J connectivity index is 3.05. The van der Waals surface area contributed by atoms with Crippen LogP contribution in [0, 0.1) is 0 Å². The second kappa shape index (κ2) is 3.84. The van der Waals surface area contributed by atoms with Crippen molar-refractivity contribution in [2.75, 3.05) is 7.11 Å². The Morgan fingerprint density at radius 3 is 3.00 bits per heavy atom. The third-order valence-electron chi connectivity index (χ3n) is 1.48. The van der Waals surface area contributed by atoms with Crippen molar-refractivity contribution < 1.29 is 19.0 Å². The monoisotopic (exact) mass is 185 g/mol. The number of ether oxygens (including phenoxy) is 1. The minimum absolute atomic E-state index is 0.136. The highest BCUT2D eigenvalue weighted by Gasteiger charge is 2.23. The first-order valence-corrected chi connectivity index (χ1v) is 3.52. The molecule has 5 heteroatoms. The number of carbonyl (C=O) groups is 1. The highest BCUT2D eigenvalue weighted by molar-refractivity contribution is 5.74. The molecule has 1 unspecified atom stereocenters. The number of hydrogen-bond acceptors (Lipinski definition) is 3. The van der Waals surface area contributed by atoms with E-state index in [0.717, 1.165) is 0 Å². The fraction of sp³-hybridized carbons (Fsp3) is 0.250. The number of hydrogen-bond donors (Lipinski definition) is 1. The summed E-state index contributed by atoms with van der Waals surface area (Å²) in [7, 11) is 1.33. The van der Waals surface area contributed by atoms with Crippen LogP contribution in [0.25, 0.3) is 0 Å². The number of rotatable bonds is 3. The van der Waals surface area contributed by atoms with Crippen molar-refractivity contribution in [3.8, 4) is 5.75 Å². The molecule has 1 atom stereocenters. The second-order valence-corrected chi connectivity index (χ2v) is 2.29. The lowest BCUT2D eigenvalue weighted by Gasteiger charge is -2.07. The number of alkyl halides is 1. The summed E-state index contributed by atoms with van der Waals surface area (Å²) in [6, 6.07) is 2.99. The molecular weight excluding hydrogens is 177 g/mol. The summed E-state index contributed by atoms with van der Waals surface area (Å²) in [5, 5.41) is 8.38. The number of nitrogens with zero attached hydrogens (tertiary/aromatic N) is 1. The van der Waals surface area contributed by atoms with Crippen LogP contribution in [-0.2, 0) is 4.79 Å². The lowest BCUT2D eigenvalue weighted by molar-refractivity contribution is -0.143. The molecule has 1 aromatic heterocycles. The van der Waals surface area contributed by atoms with E-state index in [2.05, 4.69) is 4.98 Å². The Labute approximate surface area is 74.0 Å². The molecule has 0 saturated carbocycles. The van der Waals surface area contributed by atoms with E-state index in [1.165, 1.54) is 25.4 Å². The third kappa shape index (κ3) is 1.93. The zero-order valence-electron chi connectivity index (χ0n) is 6.90. The van der Waals surface area contributed by atoms with Gasteiger partial charge in [-0.25, -0.2) is 9.18 Å². The Morgan fingerprint density at radius 2 is 2.46 bits per heavy atom. The van der Waals surface area contributed by atoms with E-state index in [1.807, 2.05) is 0 Å². The van der Waals surface area contributed by atoms with Crippen molar-refractivity contribution in [3.63, 3.8) is 0 Å². The van der Waals surface area contributed by atoms with Gasteiger partial charge in [0, 0.05) is 6.20 Å². The smallest absolute Gasteiger partial charge is 0.344 e. The van der Waals surface area contributed by atoms with Crippen molar-refractivity contribution in [3.05, 3.63) is 24.0 Å². The van der Waals surface area contributed by atoms with E-state index in [1.54, 1.807) is 0 Å². The number of carboxylic acid groups (broad SMARTS) is 1. The largest absolute Gasteiger partial charge is 0.495 e. The van der Waals surface area contributed by atoms with E-state index < -0.39 is 12.1 Å². The average molecular weight is 185 g/mol. The zero-order chi connectivity index (χ0) is 9.84. The second-order valence-electron chi connectivity index (χ2n) is 2.29. The minimum Gasteiger partial charge on any atom is -0.495 e. The fourth-order valence-electron chi connectivity index (χ4n) is 0.883. The highest BCUT2D eigenvalue weighted by atomic mass is 19.1. The summed E-state index contributed by atoms with van der Waals surface area (Å²) in [6.07, 6.45) is -0.830. The maximum Gasteiger partial charge on any atom is 0.344 e. The number of carboxylic acids is 1. The van der Waals surface area contributed by atoms with Gasteiger partial charge in [0.2, 0.25) is 6.17 Å². The molecule has 0 saturated heterocycles. The first-order valence-electron chi connectivity index (χ1n) is 3.52. The maximum atomic E-state index is 13.0. The van der Waals surface area contributed by atoms with E-state index in [4.69, 9.17) is 9.84 Å². The third-order valence-corrected chi connectivity index (χ3v) is 1.48. The van der Waals surface area contributed by atoms with Gasteiger partial charge in [-0.3, -0.25) is 4.98 Å². The molecule has 1 N–H and O–H groups in total. The molecule has 0 aliphatic rings. The Hall–Kier alpha value is -1.65. The lowest BCUT2D eigenvalue weighted by atomic mass is 10.2. The lowest BCUT2D eigenvalue weighted by Crippen LogP contribution is -2.09. The fourth-order valence-corrected chi connectivity index (χ4v) is 0.883. The first-order chi connectivity index (χ1) is 6.16. The van der Waals surface area contributed by atoms with Gasteiger partial charge in [0.15, 0.2) is 0 Å². The molecule has 1 aromatic rings. The van der Waals surface area contributed by atoms with Crippen molar-refractivity contribution in [2.45, 2.75) is 6.17 Å². The SMILES string of the molecule is COc1cccnc1C(F)C(=O)O. The molecule has 0 amide bonds. The van der Waals surface area contributed by atoms with Crippen molar-refractivity contribution in [1.82, 2.24) is 4.98 Å². The Kier molecular flexibility index (Phi) is 2.79. The predicted octanol–water partition coefficient (Wildman–Crippen LogP) is 1.19. The van der Waals surface area contributed by atoms with Gasteiger partial charge in [-0.05, 0) is 12.1 Å². The summed E-state index contributed by atoms with van der Waals surface area (Å²) in [6.45, 7) is 0. The topological polar surface area (TPSA) is 59.4 Å². The predicted molar refractivity (Wildman–Crippen MR) is 42.3 cm³/mol. The van der Waals surface area contributed by atoms with Gasteiger partial charge in [0.1, 0.15) is 11.4 Å². The summed E-state index contributed by atoms with van der Waals surface area (Å²) in [5.41, 5.74) is -0.211. The molecule has 0 radical (unpaired) electrons. The van der Waals surface area contributed by atoms with Gasteiger partial charge in [-0.2, -0.15) is 0 Å². The maximum absolute atomic E-state index is 13.0. The molecule has 0 spiro atoms. The molecule has 4 nitrogen and oxygen atoms in total. The van der Waals surface area contributed by atoms with Crippen molar-refractivity contribution in [1.29, 1.82) is 0 Å². The van der Waals surface area contributed by atoms with E-state index in [-0.39, 0.29) is 11.4 Å². The summed E-state index contributed by atoms with van der Waals surface area (Å²) in [5.74, 6) is -1.44. The van der Waals surface area contributed by atoms with Gasteiger partial charge in [-0.1, -0.05) is 0 Å². The number of halogens is 1. The summed E-state index contributed by atoms with van der Waals surface area (Å²) < 4.78 is 17.7. The van der Waals surface area contributed by atoms with Gasteiger partial charge in [0.05, 0.1) is 7.11 Å². The number of aliphatic carboxylic acids is 1. The molecule has 13 heavy (non-hydrogen) atoms. The molecule has 0 aliphatic heterocycles. The standard InChI is InChI=1S/C8H8FNO3/c1-13-5-3-2-4-10-7(5)6(9)8(11)12/h2-4,6H,1H3,(H,11,12). The normalized spacial score (nSPS) is 12.2. The van der Waals surface area contributed by atoms with Crippen LogP contribution in [0.5, 0.6) is 5.75 Å². The zero-order valence-corrected chi connectivity index (χ0v) is 6.90. The van der Waals surface area contributed by atoms with Crippen LogP contribution < -0.4 is 4.74 Å². The van der Waals surface area contributed by atoms with Gasteiger partial charge >= 0.3 is 5.97 Å². The Morgan fingerprint density at radius 1 is 1.77 bits per heavy atom. The first kappa shape index (κ1) is 9.44. The highest BCUT2D eigenvalue weighted by Crippen LogP contribution is 2.24. The van der Waals surface area contributed by atoms with Crippen LogP contribution in [0.4, 0.5) is 4.39 Å². The van der Waals surface area contributed by atoms with Crippen LogP contribution in [0.1, 0.15) is 11.9 Å². The number of methoxy groups -OCH3 is 1. The van der Waals surface area contributed by atoms with Crippen LogP contribution in [0.15, 0.2) is 18.3 Å². The number of pyridine rings is 1. The molecule has 0 bridgehead atoms. The summed E-state index contributed by atoms with van der Waals surface area (Å²) in [4.78, 5) is 13.9. The van der Waals surface area contributed by atoms with Gasteiger partial charge in [0.25, 0.3) is 0 Å². The van der Waals surface area contributed by atoms with Crippen molar-refractivity contribution in [2.24, 2.45) is 0 Å². The van der Waals surface area contributed by atoms with E-state index in [9.17, 15) is 9.18 Å². The molecular formula is C8H8FNO3. The molecule has 0 fully saturated rings. The molecule has 70 valence electrons. The molecule has 0 aliphatic carbocycles. The van der Waals surface area contributed by atoms with Crippen LogP contribution in [-0.4, -0.2) is 23.2 Å². The molecule has 1 rings (SSSR count). The van der Waals surface area contributed by atoms with E-state index in [0.29, 0.717) is 0 Å². The quantitative estimate of drug-likeness (QED) is 0.768. The molecule has 0 aromatic carbocycles. The van der Waals surface area contributed by atoms with Crippen LogP contribution >= 0.6 is 0 Å².